The van der Waals surface area contributed by atoms with E-state index in [9.17, 15) is 0 Å². The average molecular weight is 197 g/mol. The highest BCUT2D eigenvalue weighted by Crippen LogP contribution is 2.32. The number of para-hydroxylation sites is 1. The fourth-order valence-corrected chi connectivity index (χ4v) is 2.01. The highest BCUT2D eigenvalue weighted by molar-refractivity contribution is 5.97. The Kier molecular flexibility index (Phi) is 1.51. The van der Waals surface area contributed by atoms with Crippen molar-refractivity contribution in [1.29, 1.82) is 0 Å². The zero-order valence-electron chi connectivity index (χ0n) is 8.44. The van der Waals surface area contributed by atoms with Gasteiger partial charge in [-0.25, -0.2) is 4.98 Å². The minimum Gasteiger partial charge on any atom is -0.340 e. The Balaban J connectivity index is 2.53. The van der Waals surface area contributed by atoms with Crippen LogP contribution >= 0.6 is 0 Å². The Morgan fingerprint density at radius 2 is 2.00 bits per heavy atom. The molecule has 0 saturated heterocycles. The molecule has 0 bridgehead atoms. The van der Waals surface area contributed by atoms with Gasteiger partial charge in [0, 0.05) is 23.3 Å². The van der Waals surface area contributed by atoms with Gasteiger partial charge in [0.05, 0.1) is 11.2 Å². The second kappa shape index (κ2) is 2.73. The number of nitrogens with two attached hydrogens (primary N) is 1. The van der Waals surface area contributed by atoms with Crippen LogP contribution in [0.5, 0.6) is 0 Å². The second-order valence-corrected chi connectivity index (χ2v) is 3.78. The van der Waals surface area contributed by atoms with Crippen molar-refractivity contribution in [1.82, 2.24) is 9.66 Å². The van der Waals surface area contributed by atoms with Crippen LogP contribution in [0, 0.1) is 6.92 Å². The number of aromatic nitrogens is 2. The normalized spacial score (nSPS) is 11.3. The maximum atomic E-state index is 5.76. The first-order valence-electron chi connectivity index (χ1n) is 4.88. The summed E-state index contributed by atoms with van der Waals surface area (Å²) in [4.78, 5) is 4.59. The topological polar surface area (TPSA) is 43.8 Å². The number of rotatable bonds is 0. The zero-order valence-corrected chi connectivity index (χ0v) is 8.44. The quantitative estimate of drug-likeness (QED) is 0.561. The first kappa shape index (κ1) is 8.29. The number of fused-ring (bicyclic) bond motifs is 3. The van der Waals surface area contributed by atoms with E-state index in [1.54, 1.807) is 4.68 Å². The van der Waals surface area contributed by atoms with E-state index in [0.29, 0.717) is 0 Å². The number of benzene rings is 1. The van der Waals surface area contributed by atoms with Crippen LogP contribution in [0.15, 0.2) is 36.7 Å². The number of hydrogen-bond donors (Lipinski definition) is 1. The molecule has 2 heterocycles. The van der Waals surface area contributed by atoms with Gasteiger partial charge in [-0.2, -0.15) is 0 Å². The van der Waals surface area contributed by atoms with Gasteiger partial charge in [0.15, 0.2) is 0 Å². The smallest absolute Gasteiger partial charge is 0.0776 e. The van der Waals surface area contributed by atoms with Crippen LogP contribution in [0.2, 0.25) is 0 Å². The van der Waals surface area contributed by atoms with Gasteiger partial charge in [-0.15, -0.1) is 0 Å². The molecule has 0 spiro atoms. The monoisotopic (exact) mass is 197 g/mol. The largest absolute Gasteiger partial charge is 0.340 e. The Hall–Kier alpha value is -2.03. The number of nitrogens with zero attached hydrogens (tertiary/aromatic N) is 2. The summed E-state index contributed by atoms with van der Waals surface area (Å²) in [5.41, 5.74) is 4.29. The third-order valence-corrected chi connectivity index (χ3v) is 2.68. The molecule has 15 heavy (non-hydrogen) atoms. The van der Waals surface area contributed by atoms with E-state index in [1.807, 2.05) is 37.5 Å². The van der Waals surface area contributed by atoms with E-state index in [-0.39, 0.29) is 0 Å². The van der Waals surface area contributed by atoms with Crippen molar-refractivity contribution in [3.63, 3.8) is 0 Å². The fourth-order valence-electron chi connectivity index (χ4n) is 2.01. The third kappa shape index (κ3) is 1.09. The zero-order chi connectivity index (χ0) is 10.4. The molecule has 0 unspecified atom stereocenters. The van der Waals surface area contributed by atoms with Crippen LogP contribution in [0.25, 0.3) is 22.2 Å². The number of hydrogen-bond acceptors (Lipinski definition) is 2. The van der Waals surface area contributed by atoms with Gasteiger partial charge in [0.25, 0.3) is 0 Å². The SMILES string of the molecule is Cc1cn(N)cc2c3ccccc3nc1-2. The van der Waals surface area contributed by atoms with Crippen molar-refractivity contribution in [2.24, 2.45) is 0 Å². The number of aryl methyl sites for hydroxylation is 1. The maximum absolute atomic E-state index is 5.76. The molecule has 3 nitrogen and oxygen atoms in total. The van der Waals surface area contributed by atoms with Crippen LogP contribution in [0.1, 0.15) is 5.56 Å². The molecular weight excluding hydrogens is 186 g/mol. The summed E-state index contributed by atoms with van der Waals surface area (Å²) >= 11 is 0. The summed E-state index contributed by atoms with van der Waals surface area (Å²) in [6, 6.07) is 8.12. The molecule has 2 N–H and O–H groups in total. The van der Waals surface area contributed by atoms with Gasteiger partial charge in [0.2, 0.25) is 0 Å². The maximum Gasteiger partial charge on any atom is 0.0776 e. The second-order valence-electron chi connectivity index (χ2n) is 3.78. The van der Waals surface area contributed by atoms with Crippen molar-refractivity contribution in [3.05, 3.63) is 42.2 Å². The van der Waals surface area contributed by atoms with Crippen molar-refractivity contribution in [2.75, 3.05) is 5.84 Å². The van der Waals surface area contributed by atoms with Gasteiger partial charge < -0.3 is 5.84 Å². The van der Waals surface area contributed by atoms with Gasteiger partial charge in [0.1, 0.15) is 0 Å². The molecule has 2 aliphatic heterocycles. The molecule has 2 aliphatic rings. The standard InChI is InChI=1S/C12H11N3/c1-8-6-15(13)7-10-9-4-2-3-5-11(9)14-12(8)10/h2-7H,13H2,1H3. The van der Waals surface area contributed by atoms with Gasteiger partial charge in [-0.3, -0.25) is 4.68 Å². The highest BCUT2D eigenvalue weighted by Gasteiger charge is 2.13. The molecule has 0 radical (unpaired) electrons. The van der Waals surface area contributed by atoms with E-state index in [2.05, 4.69) is 11.1 Å². The summed E-state index contributed by atoms with van der Waals surface area (Å²) in [6.45, 7) is 2.03. The van der Waals surface area contributed by atoms with Crippen molar-refractivity contribution < 1.29 is 0 Å². The van der Waals surface area contributed by atoms with E-state index >= 15 is 0 Å². The molecule has 0 fully saturated rings. The van der Waals surface area contributed by atoms with Crippen LogP contribution in [-0.4, -0.2) is 9.66 Å². The first-order chi connectivity index (χ1) is 7.25. The summed E-state index contributed by atoms with van der Waals surface area (Å²) in [5, 5.41) is 1.16. The van der Waals surface area contributed by atoms with Crippen molar-refractivity contribution in [2.45, 2.75) is 6.92 Å². The Labute approximate surface area is 87.5 Å². The highest BCUT2D eigenvalue weighted by atomic mass is 15.3. The lowest BCUT2D eigenvalue weighted by Crippen LogP contribution is -2.09. The van der Waals surface area contributed by atoms with Gasteiger partial charge >= 0.3 is 0 Å². The van der Waals surface area contributed by atoms with Crippen LogP contribution in [0.3, 0.4) is 0 Å². The minimum absolute atomic E-state index is 1.03. The predicted molar refractivity (Wildman–Crippen MR) is 61.2 cm³/mol. The lowest BCUT2D eigenvalue weighted by Gasteiger charge is -2.06. The number of nitrogen functional groups attached to an aromatic ring is 1. The van der Waals surface area contributed by atoms with E-state index < -0.39 is 0 Å². The lowest BCUT2D eigenvalue weighted by molar-refractivity contribution is 0.975. The van der Waals surface area contributed by atoms with Gasteiger partial charge in [-0.05, 0) is 18.6 Å². The summed E-state index contributed by atoms with van der Waals surface area (Å²) in [6.07, 6.45) is 3.80. The lowest BCUT2D eigenvalue weighted by atomic mass is 10.1. The predicted octanol–water partition coefficient (Wildman–Crippen LogP) is 2.16. The van der Waals surface area contributed by atoms with E-state index in [0.717, 1.165) is 27.7 Å². The molecule has 3 rings (SSSR count). The van der Waals surface area contributed by atoms with Crippen LogP contribution in [0.4, 0.5) is 0 Å². The molecule has 0 atom stereocenters. The molecule has 74 valence electrons. The minimum atomic E-state index is 1.03. The Morgan fingerprint density at radius 1 is 1.20 bits per heavy atom. The van der Waals surface area contributed by atoms with E-state index in [4.69, 9.17) is 5.84 Å². The van der Waals surface area contributed by atoms with Crippen molar-refractivity contribution >= 4 is 10.9 Å². The fraction of sp³-hybridized carbons (Fsp3) is 0.0833. The Bertz CT molecular complexity index is 610. The molecular formula is C12H11N3. The summed E-state index contributed by atoms with van der Waals surface area (Å²) in [5.74, 6) is 5.76. The molecule has 0 saturated carbocycles. The molecule has 1 aromatic carbocycles. The molecule has 0 aromatic heterocycles. The molecule has 1 aromatic rings. The molecule has 0 amide bonds. The number of pyridine rings is 1. The van der Waals surface area contributed by atoms with Gasteiger partial charge in [-0.1, -0.05) is 18.2 Å². The van der Waals surface area contributed by atoms with E-state index in [1.165, 1.54) is 0 Å². The summed E-state index contributed by atoms with van der Waals surface area (Å²) in [7, 11) is 0. The first-order valence-corrected chi connectivity index (χ1v) is 4.88. The summed E-state index contributed by atoms with van der Waals surface area (Å²) < 4.78 is 1.59. The average Bonchev–Trinajstić information content (AvgIpc) is 2.57. The van der Waals surface area contributed by atoms with Crippen LogP contribution in [-0.2, 0) is 0 Å². The molecule has 0 aliphatic carbocycles. The molecule has 3 heteroatoms. The third-order valence-electron chi connectivity index (χ3n) is 2.68. The van der Waals surface area contributed by atoms with Crippen molar-refractivity contribution in [3.8, 4) is 11.3 Å². The van der Waals surface area contributed by atoms with Crippen LogP contribution < -0.4 is 5.84 Å². The Morgan fingerprint density at radius 3 is 2.87 bits per heavy atom.